The van der Waals surface area contributed by atoms with Crippen molar-refractivity contribution in [1.29, 1.82) is 0 Å². The maximum atomic E-state index is 11.6. The first-order valence-electron chi connectivity index (χ1n) is 11.5. The summed E-state index contributed by atoms with van der Waals surface area (Å²) in [5.41, 5.74) is 4.86. The Labute approximate surface area is 179 Å². The first-order chi connectivity index (χ1) is 14.5. The average molecular weight is 408 g/mol. The molecular formula is C26H33NO3. The number of carbonyl (C=O) groups is 1. The third kappa shape index (κ3) is 2.94. The summed E-state index contributed by atoms with van der Waals surface area (Å²) < 4.78 is 10.2. The Morgan fingerprint density at radius 1 is 1.10 bits per heavy atom. The summed E-state index contributed by atoms with van der Waals surface area (Å²) in [4.78, 5) is 16.0. The summed E-state index contributed by atoms with van der Waals surface area (Å²) >= 11 is 0. The summed E-state index contributed by atoms with van der Waals surface area (Å²) in [6, 6.07) is 4.28. The lowest BCUT2D eigenvalue weighted by molar-refractivity contribution is -0.0335. The lowest BCUT2D eigenvalue weighted by Crippen LogP contribution is -2.50. The zero-order chi connectivity index (χ0) is 20.9. The summed E-state index contributed by atoms with van der Waals surface area (Å²) in [5.74, 6) is 2.18. The van der Waals surface area contributed by atoms with Crippen LogP contribution in [0.4, 0.5) is 4.79 Å². The molecule has 0 aliphatic heterocycles. The topological polar surface area (TPSA) is 48.4 Å². The van der Waals surface area contributed by atoms with Gasteiger partial charge in [0.2, 0.25) is 0 Å². The summed E-state index contributed by atoms with van der Waals surface area (Å²) in [6.45, 7) is 4.99. The van der Waals surface area contributed by atoms with Crippen molar-refractivity contribution < 1.29 is 14.3 Å². The van der Waals surface area contributed by atoms with Crippen LogP contribution in [0.25, 0.3) is 5.57 Å². The molecule has 0 aromatic carbocycles. The van der Waals surface area contributed by atoms with Crippen LogP contribution in [0.1, 0.15) is 64.4 Å². The van der Waals surface area contributed by atoms with Crippen LogP contribution >= 0.6 is 0 Å². The standard InChI is InChI=1S/C26H33NO3/c1-25-12-10-19(30-24(28)29-3)15-18(25)6-7-20-22-9-8-21(17-5-4-14-27-16-17)26(22,2)13-11-23(20)25/h4-6,8,14,16,19-20,22-23H,7,9-13,15H2,1-3H3/t19-,20-,22-,23-,25-,26?/m0/s1. The molecule has 4 nitrogen and oxygen atoms in total. The highest BCUT2D eigenvalue weighted by molar-refractivity contribution is 5.72. The van der Waals surface area contributed by atoms with Crippen LogP contribution in [-0.4, -0.2) is 24.4 Å². The fraction of sp³-hybridized carbons (Fsp3) is 0.615. The van der Waals surface area contributed by atoms with Crippen molar-refractivity contribution in [1.82, 2.24) is 4.98 Å². The second-order valence-electron chi connectivity index (χ2n) is 10.2. The maximum absolute atomic E-state index is 11.6. The Balaban J connectivity index is 1.38. The second-order valence-corrected chi connectivity index (χ2v) is 10.2. The summed E-state index contributed by atoms with van der Waals surface area (Å²) in [5, 5.41) is 0. The van der Waals surface area contributed by atoms with Gasteiger partial charge in [0.1, 0.15) is 6.10 Å². The molecule has 0 radical (unpaired) electrons. The van der Waals surface area contributed by atoms with E-state index >= 15 is 0 Å². The number of hydrogen-bond acceptors (Lipinski definition) is 4. The van der Waals surface area contributed by atoms with E-state index in [-0.39, 0.29) is 16.9 Å². The van der Waals surface area contributed by atoms with Crippen molar-refractivity contribution in [3.63, 3.8) is 0 Å². The smallest absolute Gasteiger partial charge is 0.438 e. The molecule has 4 aliphatic carbocycles. The number of allylic oxidation sites excluding steroid dienone is 3. The highest BCUT2D eigenvalue weighted by atomic mass is 16.7. The van der Waals surface area contributed by atoms with Gasteiger partial charge in [-0.25, -0.2) is 4.79 Å². The number of methoxy groups -OCH3 is 1. The number of aromatic nitrogens is 1. The van der Waals surface area contributed by atoms with Gasteiger partial charge < -0.3 is 9.47 Å². The molecule has 1 unspecified atom stereocenters. The molecule has 6 atom stereocenters. The number of pyridine rings is 1. The molecule has 2 fully saturated rings. The van der Waals surface area contributed by atoms with Gasteiger partial charge in [0.05, 0.1) is 7.11 Å². The molecule has 160 valence electrons. The van der Waals surface area contributed by atoms with Gasteiger partial charge in [-0.1, -0.05) is 37.6 Å². The zero-order valence-corrected chi connectivity index (χ0v) is 18.4. The average Bonchev–Trinajstić information content (AvgIpc) is 3.11. The van der Waals surface area contributed by atoms with Crippen LogP contribution in [0.2, 0.25) is 0 Å². The molecule has 4 heteroatoms. The predicted molar refractivity (Wildman–Crippen MR) is 117 cm³/mol. The summed E-state index contributed by atoms with van der Waals surface area (Å²) in [7, 11) is 1.38. The van der Waals surface area contributed by atoms with E-state index in [0.29, 0.717) is 5.92 Å². The van der Waals surface area contributed by atoms with Crippen LogP contribution in [0.15, 0.2) is 42.3 Å². The molecule has 1 aromatic heterocycles. The fourth-order valence-corrected chi connectivity index (χ4v) is 7.45. The van der Waals surface area contributed by atoms with Crippen LogP contribution in [0.5, 0.6) is 0 Å². The van der Waals surface area contributed by atoms with E-state index in [9.17, 15) is 4.79 Å². The highest BCUT2D eigenvalue weighted by Crippen LogP contribution is 2.66. The number of carbonyl (C=O) groups excluding carboxylic acids is 1. The van der Waals surface area contributed by atoms with E-state index in [4.69, 9.17) is 9.47 Å². The summed E-state index contributed by atoms with van der Waals surface area (Å²) in [6.07, 6.45) is 16.1. The molecule has 0 bridgehead atoms. The molecule has 0 saturated heterocycles. The van der Waals surface area contributed by atoms with Crippen molar-refractivity contribution in [2.45, 2.75) is 64.9 Å². The Bertz CT molecular complexity index is 891. The molecule has 0 amide bonds. The normalized spacial score (nSPS) is 39.7. The van der Waals surface area contributed by atoms with E-state index in [1.807, 2.05) is 12.4 Å². The van der Waals surface area contributed by atoms with Crippen LogP contribution in [0.3, 0.4) is 0 Å². The Morgan fingerprint density at radius 3 is 2.70 bits per heavy atom. The zero-order valence-electron chi connectivity index (χ0n) is 18.4. The molecule has 1 heterocycles. The van der Waals surface area contributed by atoms with Gasteiger partial charge >= 0.3 is 6.16 Å². The number of fused-ring (bicyclic) bond motifs is 5. The molecule has 1 aromatic rings. The van der Waals surface area contributed by atoms with Gasteiger partial charge in [-0.05, 0) is 84.3 Å². The second kappa shape index (κ2) is 7.25. The van der Waals surface area contributed by atoms with E-state index in [0.717, 1.165) is 37.5 Å². The third-order valence-corrected chi connectivity index (χ3v) is 9.04. The Morgan fingerprint density at radius 2 is 1.93 bits per heavy atom. The lowest BCUT2D eigenvalue weighted by atomic mass is 9.47. The SMILES string of the molecule is COC(=O)O[C@H]1CC[C@@]2(C)C(=CC[C@H]3[C@@H]4CC=C(c5cccnc5)C4(C)CC[C@@H]32)C1. The van der Waals surface area contributed by atoms with Crippen molar-refractivity contribution in [3.8, 4) is 0 Å². The Hall–Kier alpha value is -2.10. The van der Waals surface area contributed by atoms with Crippen molar-refractivity contribution in [2.24, 2.45) is 28.6 Å². The van der Waals surface area contributed by atoms with E-state index in [2.05, 4.69) is 43.1 Å². The lowest BCUT2D eigenvalue weighted by Gasteiger charge is -2.57. The minimum Gasteiger partial charge on any atom is -0.438 e. The first-order valence-corrected chi connectivity index (χ1v) is 11.5. The number of hydrogen-bond donors (Lipinski definition) is 0. The monoisotopic (exact) mass is 407 g/mol. The van der Waals surface area contributed by atoms with Gasteiger partial charge in [0.25, 0.3) is 0 Å². The van der Waals surface area contributed by atoms with Gasteiger partial charge in [-0.2, -0.15) is 0 Å². The molecule has 0 N–H and O–H groups in total. The Kier molecular flexibility index (Phi) is 4.79. The van der Waals surface area contributed by atoms with Gasteiger partial charge in [-0.15, -0.1) is 0 Å². The number of nitrogens with zero attached hydrogens (tertiary/aromatic N) is 1. The van der Waals surface area contributed by atoms with Crippen LogP contribution in [0, 0.1) is 28.6 Å². The number of rotatable bonds is 2. The predicted octanol–water partition coefficient (Wildman–Crippen LogP) is 6.19. The quantitative estimate of drug-likeness (QED) is 0.433. The third-order valence-electron chi connectivity index (χ3n) is 9.04. The maximum Gasteiger partial charge on any atom is 0.508 e. The van der Waals surface area contributed by atoms with E-state index in [1.54, 1.807) is 0 Å². The largest absolute Gasteiger partial charge is 0.508 e. The van der Waals surface area contributed by atoms with Crippen molar-refractivity contribution >= 4 is 11.7 Å². The molecule has 5 rings (SSSR count). The number of ether oxygens (including phenoxy) is 2. The molecule has 4 aliphatic rings. The highest BCUT2D eigenvalue weighted by Gasteiger charge is 2.57. The van der Waals surface area contributed by atoms with Crippen molar-refractivity contribution in [2.75, 3.05) is 7.11 Å². The van der Waals surface area contributed by atoms with Gasteiger partial charge in [0, 0.05) is 18.8 Å². The van der Waals surface area contributed by atoms with E-state index < -0.39 is 6.16 Å². The minimum atomic E-state index is -0.550. The van der Waals surface area contributed by atoms with Crippen molar-refractivity contribution in [3.05, 3.63) is 47.8 Å². The molecule has 0 spiro atoms. The molecule has 2 saturated carbocycles. The van der Waals surface area contributed by atoms with Gasteiger partial charge in [-0.3, -0.25) is 4.98 Å². The minimum absolute atomic E-state index is 0.0347. The van der Waals surface area contributed by atoms with E-state index in [1.165, 1.54) is 43.1 Å². The first kappa shape index (κ1) is 19.8. The fourth-order valence-electron chi connectivity index (χ4n) is 7.45. The molecular weight excluding hydrogens is 374 g/mol. The molecule has 30 heavy (non-hydrogen) atoms. The van der Waals surface area contributed by atoms with Crippen LogP contribution in [-0.2, 0) is 9.47 Å². The van der Waals surface area contributed by atoms with Crippen LogP contribution < -0.4 is 0 Å². The van der Waals surface area contributed by atoms with Gasteiger partial charge in [0.15, 0.2) is 0 Å².